The number of benzene rings is 2. The molecular formula is C19H14F12N2. The zero-order chi connectivity index (χ0) is 25.8. The van der Waals surface area contributed by atoms with E-state index in [9.17, 15) is 52.7 Å². The van der Waals surface area contributed by atoms with Gasteiger partial charge in [0.2, 0.25) is 5.41 Å². The Balaban J connectivity index is 3.07. The Morgan fingerprint density at radius 1 is 0.545 bits per heavy atom. The van der Waals surface area contributed by atoms with E-state index in [0.29, 0.717) is 24.3 Å². The van der Waals surface area contributed by atoms with Gasteiger partial charge in [-0.1, -0.05) is 24.3 Å². The minimum absolute atomic E-state index is 0.0866. The molecule has 0 saturated carbocycles. The first-order valence-corrected chi connectivity index (χ1v) is 8.65. The summed E-state index contributed by atoms with van der Waals surface area (Å²) < 4.78 is 166. The molecule has 0 atom stereocenters. The molecule has 0 unspecified atom stereocenters. The molecular weight excluding hydrogens is 484 g/mol. The fraction of sp³-hybridized carbons (Fsp3) is 0.368. The van der Waals surface area contributed by atoms with E-state index in [-0.39, 0.29) is 17.8 Å². The van der Waals surface area contributed by atoms with Gasteiger partial charge >= 0.3 is 24.7 Å². The van der Waals surface area contributed by atoms with E-state index in [4.69, 9.17) is 11.5 Å². The quantitative estimate of drug-likeness (QED) is 0.368. The highest BCUT2D eigenvalue weighted by molar-refractivity contribution is 5.58. The smallest absolute Gasteiger partial charge is 0.399 e. The summed E-state index contributed by atoms with van der Waals surface area (Å²) in [4.78, 5) is 0. The minimum atomic E-state index is -6.25. The van der Waals surface area contributed by atoms with E-state index in [1.807, 2.05) is 0 Å². The fourth-order valence-corrected chi connectivity index (χ4v) is 3.40. The summed E-state index contributed by atoms with van der Waals surface area (Å²) in [6.07, 6.45) is -24.8. The third kappa shape index (κ3) is 3.92. The average molecular weight is 498 g/mol. The van der Waals surface area contributed by atoms with Crippen molar-refractivity contribution in [1.82, 2.24) is 0 Å². The van der Waals surface area contributed by atoms with Gasteiger partial charge in [-0.25, -0.2) is 0 Å². The third-order valence-corrected chi connectivity index (χ3v) is 5.35. The van der Waals surface area contributed by atoms with E-state index in [1.54, 1.807) is 0 Å². The maximum absolute atomic E-state index is 14.1. The molecule has 0 saturated heterocycles. The number of anilines is 2. The van der Waals surface area contributed by atoms with Crippen LogP contribution in [0.4, 0.5) is 64.1 Å². The van der Waals surface area contributed by atoms with E-state index in [0.717, 1.165) is 0 Å². The lowest BCUT2D eigenvalue weighted by atomic mass is 9.70. The van der Waals surface area contributed by atoms with Crippen LogP contribution in [-0.4, -0.2) is 24.7 Å². The van der Waals surface area contributed by atoms with Crippen molar-refractivity contribution in [1.29, 1.82) is 0 Å². The summed E-state index contributed by atoms with van der Waals surface area (Å²) in [6.45, 7) is -0.422. The van der Waals surface area contributed by atoms with Crippen molar-refractivity contribution in [2.24, 2.45) is 0 Å². The largest absolute Gasteiger partial charge is 0.411 e. The maximum Gasteiger partial charge on any atom is 0.411 e. The van der Waals surface area contributed by atoms with Gasteiger partial charge in [-0.3, -0.25) is 0 Å². The topological polar surface area (TPSA) is 52.0 Å². The average Bonchev–Trinajstić information content (AvgIpc) is 2.60. The SMILES string of the molecule is CC(c1cc(C(c2ccc(N)cc2)(C(F)(F)F)C(F)(F)F)ccc1N)(C(F)(F)F)C(F)(F)F. The number of hydrogen-bond donors (Lipinski definition) is 2. The molecule has 4 N–H and O–H groups in total. The van der Waals surface area contributed by atoms with Gasteiger partial charge in [-0.05, 0) is 41.8 Å². The molecule has 0 spiro atoms. The summed E-state index contributed by atoms with van der Waals surface area (Å²) in [7, 11) is 0. The Labute approximate surface area is 178 Å². The molecule has 0 heterocycles. The number of nitrogens with two attached hydrogens (primary N) is 2. The van der Waals surface area contributed by atoms with Crippen molar-refractivity contribution in [2.75, 3.05) is 11.5 Å². The summed E-state index contributed by atoms with van der Waals surface area (Å²) in [5.74, 6) is 0. The van der Waals surface area contributed by atoms with E-state index < -0.39 is 70.9 Å². The zero-order valence-corrected chi connectivity index (χ0v) is 16.2. The summed E-state index contributed by atoms with van der Waals surface area (Å²) in [6, 6.07) is 1.80. The second-order valence-electron chi connectivity index (χ2n) is 7.29. The number of nitrogen functional groups attached to an aromatic ring is 2. The number of alkyl halides is 12. The van der Waals surface area contributed by atoms with Gasteiger partial charge in [0.05, 0.1) is 0 Å². The van der Waals surface area contributed by atoms with Crippen LogP contribution in [0.15, 0.2) is 42.5 Å². The summed E-state index contributed by atoms with van der Waals surface area (Å²) in [5, 5.41) is 0. The van der Waals surface area contributed by atoms with Crippen LogP contribution in [0.2, 0.25) is 0 Å². The number of rotatable bonds is 3. The first kappa shape index (κ1) is 26.5. The van der Waals surface area contributed by atoms with E-state index in [2.05, 4.69) is 0 Å². The molecule has 2 rings (SSSR count). The van der Waals surface area contributed by atoms with Crippen molar-refractivity contribution >= 4 is 11.4 Å². The van der Waals surface area contributed by atoms with Crippen LogP contribution < -0.4 is 11.5 Å². The first-order chi connectivity index (χ1) is 14.6. The zero-order valence-electron chi connectivity index (χ0n) is 16.2. The van der Waals surface area contributed by atoms with Crippen LogP contribution in [-0.2, 0) is 10.8 Å². The Hall–Kier alpha value is -2.80. The Bertz CT molecular complexity index is 970. The van der Waals surface area contributed by atoms with Gasteiger partial charge in [0.1, 0.15) is 0 Å². The van der Waals surface area contributed by atoms with Gasteiger partial charge in [0.25, 0.3) is 0 Å². The second kappa shape index (κ2) is 7.62. The van der Waals surface area contributed by atoms with Crippen LogP contribution in [0, 0.1) is 0 Å². The van der Waals surface area contributed by atoms with Crippen LogP contribution in [0.3, 0.4) is 0 Å². The highest BCUT2D eigenvalue weighted by Crippen LogP contribution is 2.58. The van der Waals surface area contributed by atoms with Crippen molar-refractivity contribution in [3.63, 3.8) is 0 Å². The van der Waals surface area contributed by atoms with Crippen LogP contribution in [0.5, 0.6) is 0 Å². The van der Waals surface area contributed by atoms with E-state index in [1.165, 1.54) is 0 Å². The second-order valence-corrected chi connectivity index (χ2v) is 7.29. The molecule has 0 aliphatic rings. The molecule has 2 aromatic carbocycles. The molecule has 2 nitrogen and oxygen atoms in total. The Morgan fingerprint density at radius 3 is 1.30 bits per heavy atom. The van der Waals surface area contributed by atoms with Gasteiger partial charge in [0, 0.05) is 11.4 Å². The molecule has 0 amide bonds. The van der Waals surface area contributed by atoms with Crippen LogP contribution in [0.1, 0.15) is 23.6 Å². The predicted octanol–water partition coefficient (Wildman–Crippen LogP) is 6.64. The summed E-state index contributed by atoms with van der Waals surface area (Å²) in [5.41, 5.74) is -6.36. The molecule has 0 aliphatic heterocycles. The molecule has 14 heteroatoms. The highest BCUT2D eigenvalue weighted by atomic mass is 19.4. The molecule has 0 bridgehead atoms. The standard InChI is InChI=1S/C19H14F12N2/c1-14(16(20,21)22,17(23,24)25)12-8-10(4-7-13(12)33)15(18(26,27)28,19(29,30)31)9-2-5-11(32)6-3-9/h2-8H,32-33H2,1H3. The Morgan fingerprint density at radius 2 is 0.939 bits per heavy atom. The molecule has 0 aromatic heterocycles. The first-order valence-electron chi connectivity index (χ1n) is 8.65. The predicted molar refractivity (Wildman–Crippen MR) is 94.1 cm³/mol. The van der Waals surface area contributed by atoms with Gasteiger partial charge in [-0.15, -0.1) is 0 Å². The lowest BCUT2D eigenvalue weighted by Gasteiger charge is -2.40. The monoisotopic (exact) mass is 498 g/mol. The molecule has 0 aliphatic carbocycles. The minimum Gasteiger partial charge on any atom is -0.399 e. The van der Waals surface area contributed by atoms with Gasteiger partial charge < -0.3 is 11.5 Å². The highest BCUT2D eigenvalue weighted by Gasteiger charge is 2.74. The summed E-state index contributed by atoms with van der Waals surface area (Å²) >= 11 is 0. The normalized spacial score (nSPS) is 14.5. The van der Waals surface area contributed by atoms with Crippen molar-refractivity contribution in [3.8, 4) is 0 Å². The third-order valence-electron chi connectivity index (χ3n) is 5.35. The van der Waals surface area contributed by atoms with E-state index >= 15 is 0 Å². The lowest BCUT2D eigenvalue weighted by molar-refractivity contribution is -0.297. The van der Waals surface area contributed by atoms with Crippen molar-refractivity contribution in [3.05, 3.63) is 59.2 Å². The maximum atomic E-state index is 14.1. The van der Waals surface area contributed by atoms with Crippen LogP contribution in [0.25, 0.3) is 0 Å². The molecule has 0 fully saturated rings. The molecule has 33 heavy (non-hydrogen) atoms. The number of halogens is 12. The Kier molecular flexibility index (Phi) is 6.11. The number of hydrogen-bond acceptors (Lipinski definition) is 2. The van der Waals surface area contributed by atoms with Gasteiger partial charge in [0.15, 0.2) is 5.41 Å². The fourth-order valence-electron chi connectivity index (χ4n) is 3.40. The molecule has 2 aromatic rings. The lowest BCUT2D eigenvalue weighted by Crippen LogP contribution is -2.55. The van der Waals surface area contributed by atoms with Crippen molar-refractivity contribution in [2.45, 2.75) is 42.5 Å². The van der Waals surface area contributed by atoms with Gasteiger partial charge in [-0.2, -0.15) is 52.7 Å². The molecule has 184 valence electrons. The van der Waals surface area contributed by atoms with Crippen LogP contribution >= 0.6 is 0 Å². The molecule has 0 radical (unpaired) electrons. The van der Waals surface area contributed by atoms with Crippen molar-refractivity contribution < 1.29 is 52.7 Å².